The maximum atomic E-state index is 12.8. The molecule has 2 aliphatic carbocycles. The van der Waals surface area contributed by atoms with Crippen LogP contribution in [0.15, 0.2) is 36.5 Å². The summed E-state index contributed by atoms with van der Waals surface area (Å²) in [5.41, 5.74) is 2.78. The van der Waals surface area contributed by atoms with Crippen molar-refractivity contribution in [1.29, 1.82) is 0 Å². The van der Waals surface area contributed by atoms with Crippen molar-refractivity contribution in [2.45, 2.75) is 43.8 Å². The quantitative estimate of drug-likeness (QED) is 0.747. The van der Waals surface area contributed by atoms with Gasteiger partial charge in [0.05, 0.1) is 18.9 Å². The Hall–Kier alpha value is -1.74. The normalized spacial score (nSPS) is 30.4. The van der Waals surface area contributed by atoms with Crippen LogP contribution in [0.3, 0.4) is 0 Å². The molecule has 162 valence electrons. The Kier molecular flexibility index (Phi) is 4.63. The van der Waals surface area contributed by atoms with Crippen molar-refractivity contribution in [3.05, 3.63) is 53.3 Å². The van der Waals surface area contributed by atoms with E-state index >= 15 is 0 Å². The standard InChI is InChI=1S/C22H29N3O4S/c1-16-19-10-9-17-15-25(30(26,27)24(2)3)23-20(17)21(19,18-7-5-4-6-8-18)11-12-22(16)28-13-14-29-22/h4-8,15-16,19H,9-14H2,1-3H3/t16-,19-,21+/m0/s1. The molecule has 1 spiro atoms. The highest BCUT2D eigenvalue weighted by Crippen LogP contribution is 2.59. The Morgan fingerprint density at radius 2 is 1.83 bits per heavy atom. The van der Waals surface area contributed by atoms with E-state index in [-0.39, 0.29) is 17.3 Å². The Bertz CT molecular complexity index is 1040. The number of fused-ring (bicyclic) bond motifs is 3. The second-order valence-corrected chi connectivity index (χ2v) is 10.9. The van der Waals surface area contributed by atoms with Gasteiger partial charge in [-0.05, 0) is 36.3 Å². The zero-order chi connectivity index (χ0) is 21.1. The first-order valence-corrected chi connectivity index (χ1v) is 12.1. The highest BCUT2D eigenvalue weighted by molar-refractivity contribution is 7.87. The number of hydrogen-bond acceptors (Lipinski definition) is 5. The molecule has 1 aromatic heterocycles. The highest BCUT2D eigenvalue weighted by atomic mass is 32.2. The van der Waals surface area contributed by atoms with E-state index in [0.29, 0.717) is 13.2 Å². The van der Waals surface area contributed by atoms with Crippen molar-refractivity contribution >= 4 is 10.2 Å². The number of rotatable bonds is 3. The molecule has 2 fully saturated rings. The van der Waals surface area contributed by atoms with Gasteiger partial charge in [-0.1, -0.05) is 37.3 Å². The first-order valence-electron chi connectivity index (χ1n) is 10.7. The van der Waals surface area contributed by atoms with Crippen LogP contribution in [0.5, 0.6) is 0 Å². The van der Waals surface area contributed by atoms with Gasteiger partial charge in [0.2, 0.25) is 0 Å². The molecule has 0 amide bonds. The molecule has 1 saturated carbocycles. The van der Waals surface area contributed by atoms with Crippen molar-refractivity contribution in [2.24, 2.45) is 11.8 Å². The van der Waals surface area contributed by atoms with Crippen molar-refractivity contribution in [3.63, 3.8) is 0 Å². The van der Waals surface area contributed by atoms with Crippen molar-refractivity contribution in [3.8, 4) is 0 Å². The van der Waals surface area contributed by atoms with Gasteiger partial charge in [-0.2, -0.15) is 21.9 Å². The number of aromatic nitrogens is 2. The maximum Gasteiger partial charge on any atom is 0.322 e. The predicted molar refractivity (Wildman–Crippen MR) is 112 cm³/mol. The summed E-state index contributed by atoms with van der Waals surface area (Å²) in [6.45, 7) is 3.50. The first-order chi connectivity index (χ1) is 14.3. The average molecular weight is 432 g/mol. The SMILES string of the molecule is C[C@H]1[C@@H]2CCc3cn(S(=O)(=O)N(C)C)nc3[C@@]2(c2ccccc2)CCC12OCCO2. The lowest BCUT2D eigenvalue weighted by Crippen LogP contribution is -2.56. The van der Waals surface area contributed by atoms with E-state index in [2.05, 4.69) is 31.2 Å². The smallest absolute Gasteiger partial charge is 0.322 e. The molecule has 2 heterocycles. The molecule has 0 unspecified atom stereocenters. The summed E-state index contributed by atoms with van der Waals surface area (Å²) in [5.74, 6) is -0.0963. The maximum absolute atomic E-state index is 12.8. The van der Waals surface area contributed by atoms with Crippen LogP contribution in [-0.4, -0.2) is 55.0 Å². The molecule has 3 aliphatic rings. The highest BCUT2D eigenvalue weighted by Gasteiger charge is 2.60. The molecule has 3 atom stereocenters. The third-order valence-electron chi connectivity index (χ3n) is 7.48. The summed E-state index contributed by atoms with van der Waals surface area (Å²) in [4.78, 5) is 0. The van der Waals surface area contributed by atoms with Gasteiger partial charge in [0.25, 0.3) is 0 Å². The lowest BCUT2D eigenvalue weighted by molar-refractivity contribution is -0.232. The van der Waals surface area contributed by atoms with E-state index in [4.69, 9.17) is 14.6 Å². The molecule has 0 bridgehead atoms. The van der Waals surface area contributed by atoms with Crippen LogP contribution in [0.4, 0.5) is 0 Å². The summed E-state index contributed by atoms with van der Waals surface area (Å²) >= 11 is 0. The summed E-state index contributed by atoms with van der Waals surface area (Å²) in [6, 6.07) is 10.4. The summed E-state index contributed by atoms with van der Waals surface area (Å²) in [7, 11) is -0.595. The van der Waals surface area contributed by atoms with Crippen LogP contribution < -0.4 is 0 Å². The van der Waals surface area contributed by atoms with Crippen LogP contribution >= 0.6 is 0 Å². The summed E-state index contributed by atoms with van der Waals surface area (Å²) in [5, 5.41) is 4.73. The molecule has 8 heteroatoms. The largest absolute Gasteiger partial charge is 0.347 e. The van der Waals surface area contributed by atoms with Crippen molar-refractivity contribution in [1.82, 2.24) is 13.5 Å². The van der Waals surface area contributed by atoms with E-state index in [1.54, 1.807) is 6.20 Å². The molecule has 1 aliphatic heterocycles. The zero-order valence-corrected chi connectivity index (χ0v) is 18.6. The number of aryl methyl sites for hydroxylation is 1. The van der Waals surface area contributed by atoms with Crippen LogP contribution in [0, 0.1) is 11.8 Å². The fourth-order valence-electron chi connectivity index (χ4n) is 5.96. The van der Waals surface area contributed by atoms with E-state index in [0.717, 1.165) is 41.0 Å². The Balaban J connectivity index is 1.69. The number of hydrogen-bond donors (Lipinski definition) is 0. The molecule has 1 saturated heterocycles. The van der Waals surface area contributed by atoms with Gasteiger partial charge >= 0.3 is 10.2 Å². The van der Waals surface area contributed by atoms with Crippen LogP contribution in [0.2, 0.25) is 0 Å². The van der Waals surface area contributed by atoms with Crippen LogP contribution in [-0.2, 0) is 31.5 Å². The minimum Gasteiger partial charge on any atom is -0.347 e. The number of nitrogens with zero attached hydrogens (tertiary/aromatic N) is 3. The Morgan fingerprint density at radius 1 is 1.13 bits per heavy atom. The fourth-order valence-corrected chi connectivity index (χ4v) is 6.74. The van der Waals surface area contributed by atoms with Gasteiger partial charge in [-0.15, -0.1) is 0 Å². The number of benzene rings is 1. The second kappa shape index (κ2) is 6.88. The van der Waals surface area contributed by atoms with Gasteiger partial charge in [0.1, 0.15) is 0 Å². The van der Waals surface area contributed by atoms with E-state index < -0.39 is 16.0 Å². The number of ether oxygens (including phenoxy) is 2. The molecular weight excluding hydrogens is 402 g/mol. The summed E-state index contributed by atoms with van der Waals surface area (Å²) in [6.07, 6.45) is 5.05. The summed E-state index contributed by atoms with van der Waals surface area (Å²) < 4.78 is 40.3. The van der Waals surface area contributed by atoms with Crippen LogP contribution in [0.1, 0.15) is 43.0 Å². The van der Waals surface area contributed by atoms with E-state index in [1.807, 2.05) is 6.07 Å². The van der Waals surface area contributed by atoms with E-state index in [9.17, 15) is 8.42 Å². The van der Waals surface area contributed by atoms with Gasteiger partial charge in [-0.3, -0.25) is 0 Å². The Labute approximate surface area is 178 Å². The fraction of sp³-hybridized carbons (Fsp3) is 0.591. The first kappa shape index (κ1) is 20.2. The lowest BCUT2D eigenvalue weighted by Gasteiger charge is -2.55. The minimum atomic E-state index is -3.66. The minimum absolute atomic E-state index is 0.178. The van der Waals surface area contributed by atoms with Crippen LogP contribution in [0.25, 0.3) is 0 Å². The topological polar surface area (TPSA) is 73.7 Å². The molecule has 5 rings (SSSR count). The van der Waals surface area contributed by atoms with Crippen molar-refractivity contribution in [2.75, 3.05) is 27.3 Å². The molecule has 7 nitrogen and oxygen atoms in total. The second-order valence-electron chi connectivity index (χ2n) is 8.95. The Morgan fingerprint density at radius 3 is 2.50 bits per heavy atom. The molecular formula is C22H29N3O4S. The molecule has 30 heavy (non-hydrogen) atoms. The van der Waals surface area contributed by atoms with Gasteiger partial charge in [0.15, 0.2) is 5.79 Å². The lowest BCUT2D eigenvalue weighted by atomic mass is 9.52. The van der Waals surface area contributed by atoms with Gasteiger partial charge in [0, 0.05) is 38.0 Å². The molecule has 0 N–H and O–H groups in total. The monoisotopic (exact) mass is 431 g/mol. The average Bonchev–Trinajstić information content (AvgIpc) is 3.40. The molecule has 1 aromatic carbocycles. The third kappa shape index (κ3) is 2.67. The van der Waals surface area contributed by atoms with E-state index in [1.165, 1.54) is 24.0 Å². The predicted octanol–water partition coefficient (Wildman–Crippen LogP) is 2.56. The third-order valence-corrected chi connectivity index (χ3v) is 9.06. The molecule has 0 radical (unpaired) electrons. The van der Waals surface area contributed by atoms with Crippen molar-refractivity contribution < 1.29 is 17.9 Å². The molecule has 2 aromatic rings. The van der Waals surface area contributed by atoms with Gasteiger partial charge in [-0.25, -0.2) is 0 Å². The zero-order valence-electron chi connectivity index (χ0n) is 17.7. The van der Waals surface area contributed by atoms with Gasteiger partial charge < -0.3 is 9.47 Å².